The minimum atomic E-state index is -0.657. The maximum Gasteiger partial charge on any atom is 0.337 e. The van der Waals surface area contributed by atoms with Gasteiger partial charge in [-0.05, 0) is 24.1 Å². The van der Waals surface area contributed by atoms with Crippen molar-refractivity contribution in [2.24, 2.45) is 0 Å². The molecule has 0 aliphatic carbocycles. The van der Waals surface area contributed by atoms with Crippen molar-refractivity contribution in [1.29, 1.82) is 0 Å². The second-order valence-corrected chi connectivity index (χ2v) is 6.37. The summed E-state index contributed by atoms with van der Waals surface area (Å²) in [4.78, 5) is 26.8. The van der Waals surface area contributed by atoms with Crippen molar-refractivity contribution in [2.75, 3.05) is 7.11 Å². The molecule has 26 heavy (non-hydrogen) atoms. The molecule has 1 N–H and O–H groups in total. The molecule has 0 fully saturated rings. The Bertz CT molecular complexity index is 864. The summed E-state index contributed by atoms with van der Waals surface area (Å²) in [7, 11) is 1.32. The highest BCUT2D eigenvalue weighted by Gasteiger charge is 2.36. The van der Waals surface area contributed by atoms with Gasteiger partial charge in [-0.3, -0.25) is 4.90 Å². The molecular formula is C20H19ClN2O3. The zero-order valence-electron chi connectivity index (χ0n) is 14.5. The van der Waals surface area contributed by atoms with Gasteiger partial charge in [0.2, 0.25) is 0 Å². The third-order valence-corrected chi connectivity index (χ3v) is 4.75. The van der Waals surface area contributed by atoms with Crippen LogP contribution in [0.4, 0.5) is 4.79 Å². The van der Waals surface area contributed by atoms with Crippen molar-refractivity contribution < 1.29 is 14.3 Å². The fourth-order valence-corrected chi connectivity index (χ4v) is 3.30. The van der Waals surface area contributed by atoms with Gasteiger partial charge in [-0.25, -0.2) is 9.59 Å². The van der Waals surface area contributed by atoms with Crippen molar-refractivity contribution in [2.45, 2.75) is 19.5 Å². The van der Waals surface area contributed by atoms with E-state index in [1.54, 1.807) is 25.1 Å². The Labute approximate surface area is 157 Å². The fourth-order valence-electron chi connectivity index (χ4n) is 3.05. The van der Waals surface area contributed by atoms with Crippen molar-refractivity contribution in [3.05, 3.63) is 82.0 Å². The van der Waals surface area contributed by atoms with Crippen LogP contribution in [-0.2, 0) is 16.1 Å². The average Bonchev–Trinajstić information content (AvgIpc) is 2.65. The second kappa shape index (κ2) is 7.62. The van der Waals surface area contributed by atoms with Crippen LogP contribution in [0.5, 0.6) is 0 Å². The van der Waals surface area contributed by atoms with Crippen molar-refractivity contribution >= 4 is 23.6 Å². The molecule has 5 nitrogen and oxygen atoms in total. The molecule has 0 aromatic heterocycles. The summed E-state index contributed by atoms with van der Waals surface area (Å²) in [6.45, 7) is 2.10. The number of halogens is 1. The van der Waals surface area contributed by atoms with Gasteiger partial charge in [0.15, 0.2) is 0 Å². The van der Waals surface area contributed by atoms with Gasteiger partial charge in [0.25, 0.3) is 0 Å². The zero-order chi connectivity index (χ0) is 18.7. The molecular weight excluding hydrogens is 352 g/mol. The van der Waals surface area contributed by atoms with Crippen LogP contribution in [-0.4, -0.2) is 24.0 Å². The number of rotatable bonds is 4. The highest BCUT2D eigenvalue weighted by Crippen LogP contribution is 2.35. The Balaban J connectivity index is 2.05. The third kappa shape index (κ3) is 3.44. The average molecular weight is 371 g/mol. The maximum atomic E-state index is 12.7. The predicted octanol–water partition coefficient (Wildman–Crippen LogP) is 4.05. The number of benzene rings is 2. The lowest BCUT2D eigenvalue weighted by Crippen LogP contribution is -2.47. The van der Waals surface area contributed by atoms with E-state index in [9.17, 15) is 9.59 Å². The van der Waals surface area contributed by atoms with E-state index >= 15 is 0 Å². The van der Waals surface area contributed by atoms with Gasteiger partial charge < -0.3 is 10.1 Å². The summed E-state index contributed by atoms with van der Waals surface area (Å²) in [5.41, 5.74) is 2.54. The molecule has 1 unspecified atom stereocenters. The van der Waals surface area contributed by atoms with Gasteiger partial charge in [-0.1, -0.05) is 60.1 Å². The first kappa shape index (κ1) is 18.0. The highest BCUT2D eigenvalue weighted by molar-refractivity contribution is 6.31. The van der Waals surface area contributed by atoms with E-state index in [1.807, 2.05) is 36.4 Å². The van der Waals surface area contributed by atoms with Gasteiger partial charge in [0, 0.05) is 10.7 Å². The molecule has 1 aliphatic heterocycles. The number of methoxy groups -OCH3 is 1. The number of esters is 1. The lowest BCUT2D eigenvalue weighted by Gasteiger charge is -2.35. The molecule has 1 heterocycles. The summed E-state index contributed by atoms with van der Waals surface area (Å²) < 4.78 is 4.97. The minimum absolute atomic E-state index is 0.288. The van der Waals surface area contributed by atoms with Gasteiger partial charge >= 0.3 is 12.0 Å². The number of carbonyl (C=O) groups is 2. The molecule has 0 saturated heterocycles. The minimum Gasteiger partial charge on any atom is -0.466 e. The van der Waals surface area contributed by atoms with Gasteiger partial charge in [-0.15, -0.1) is 0 Å². The van der Waals surface area contributed by atoms with E-state index in [0.717, 1.165) is 5.56 Å². The highest BCUT2D eigenvalue weighted by atomic mass is 35.5. The smallest absolute Gasteiger partial charge is 0.337 e. The van der Waals surface area contributed by atoms with E-state index < -0.39 is 12.0 Å². The number of nitrogens with zero attached hydrogens (tertiary/aromatic N) is 1. The molecule has 3 rings (SSSR count). The monoisotopic (exact) mass is 370 g/mol. The number of nitrogens with one attached hydrogen (secondary N) is 1. The number of urea groups is 1. The number of allylic oxidation sites excluding steroid dienone is 1. The van der Waals surface area contributed by atoms with Crippen LogP contribution in [0.3, 0.4) is 0 Å². The van der Waals surface area contributed by atoms with Gasteiger partial charge in [0.05, 0.1) is 25.3 Å². The number of amides is 2. The molecule has 2 aromatic rings. The van der Waals surface area contributed by atoms with Crippen molar-refractivity contribution in [1.82, 2.24) is 10.2 Å². The van der Waals surface area contributed by atoms with Crippen LogP contribution in [0.25, 0.3) is 0 Å². The number of hydrogen-bond acceptors (Lipinski definition) is 3. The summed E-state index contributed by atoms with van der Waals surface area (Å²) >= 11 is 6.29. The first-order valence-electron chi connectivity index (χ1n) is 8.18. The van der Waals surface area contributed by atoms with E-state index in [0.29, 0.717) is 28.4 Å². The Hall–Kier alpha value is -2.79. The summed E-state index contributed by atoms with van der Waals surface area (Å²) in [5, 5.41) is 3.36. The van der Waals surface area contributed by atoms with E-state index in [-0.39, 0.29) is 6.03 Å². The molecule has 0 radical (unpaired) electrons. The Morgan fingerprint density at radius 3 is 2.46 bits per heavy atom. The van der Waals surface area contributed by atoms with Gasteiger partial charge in [-0.2, -0.15) is 0 Å². The van der Waals surface area contributed by atoms with Crippen LogP contribution in [0.1, 0.15) is 24.1 Å². The first-order valence-corrected chi connectivity index (χ1v) is 8.56. The number of carbonyl (C=O) groups excluding carboxylic acids is 2. The van der Waals surface area contributed by atoms with E-state index in [2.05, 4.69) is 5.32 Å². The Morgan fingerprint density at radius 1 is 1.15 bits per heavy atom. The predicted molar refractivity (Wildman–Crippen MR) is 99.4 cm³/mol. The first-order chi connectivity index (χ1) is 12.5. The molecule has 6 heteroatoms. The lowest BCUT2D eigenvalue weighted by molar-refractivity contribution is -0.136. The van der Waals surface area contributed by atoms with Crippen molar-refractivity contribution in [3.8, 4) is 0 Å². The molecule has 0 saturated carbocycles. The van der Waals surface area contributed by atoms with Crippen LogP contribution < -0.4 is 5.32 Å². The fraction of sp³-hybridized carbons (Fsp3) is 0.200. The molecule has 0 bridgehead atoms. The van der Waals surface area contributed by atoms with Crippen LogP contribution in [0.2, 0.25) is 5.02 Å². The van der Waals surface area contributed by atoms with E-state index in [1.165, 1.54) is 12.0 Å². The lowest BCUT2D eigenvalue weighted by atomic mass is 9.94. The number of ether oxygens (including phenoxy) is 1. The maximum absolute atomic E-state index is 12.7. The topological polar surface area (TPSA) is 58.6 Å². The summed E-state index contributed by atoms with van der Waals surface area (Å²) in [5.74, 6) is -0.495. The van der Waals surface area contributed by atoms with Crippen LogP contribution in [0, 0.1) is 0 Å². The molecule has 2 aromatic carbocycles. The van der Waals surface area contributed by atoms with Crippen LogP contribution in [0.15, 0.2) is 65.9 Å². The summed E-state index contributed by atoms with van der Waals surface area (Å²) in [6, 6.07) is 15.8. The Kier molecular flexibility index (Phi) is 5.28. The van der Waals surface area contributed by atoms with E-state index in [4.69, 9.17) is 16.3 Å². The Morgan fingerprint density at radius 2 is 1.81 bits per heavy atom. The van der Waals surface area contributed by atoms with Gasteiger partial charge in [0.1, 0.15) is 0 Å². The standard InChI is InChI=1S/C20H19ClN2O3/c1-13-17(19(24)26-2)18(15-10-6-7-11-16(15)21)22-20(25)23(13)12-14-8-4-3-5-9-14/h3-11,18H,12H2,1-2H3,(H,22,25). The third-order valence-electron chi connectivity index (χ3n) is 4.40. The molecule has 1 aliphatic rings. The quantitative estimate of drug-likeness (QED) is 0.826. The number of hydrogen-bond donors (Lipinski definition) is 1. The largest absolute Gasteiger partial charge is 0.466 e. The normalized spacial score (nSPS) is 17.1. The second-order valence-electron chi connectivity index (χ2n) is 5.97. The van der Waals surface area contributed by atoms with Crippen LogP contribution >= 0.6 is 11.6 Å². The molecule has 2 amide bonds. The molecule has 1 atom stereocenters. The zero-order valence-corrected chi connectivity index (χ0v) is 15.3. The summed E-state index contributed by atoms with van der Waals surface area (Å²) in [6.07, 6.45) is 0. The molecule has 0 spiro atoms. The SMILES string of the molecule is COC(=O)C1=C(C)N(Cc2ccccc2)C(=O)NC1c1ccccc1Cl. The van der Waals surface area contributed by atoms with Crippen molar-refractivity contribution in [3.63, 3.8) is 0 Å². The molecule has 134 valence electrons.